The van der Waals surface area contributed by atoms with Gasteiger partial charge in [-0.25, -0.2) is 4.98 Å². The highest BCUT2D eigenvalue weighted by Crippen LogP contribution is 2.05. The molecule has 4 nitrogen and oxygen atoms in total. The second kappa shape index (κ2) is 4.52. The molecule has 0 bridgehead atoms. The van der Waals surface area contributed by atoms with Crippen molar-refractivity contribution in [3.8, 4) is 0 Å². The molecule has 1 amide bonds. The van der Waals surface area contributed by atoms with Gasteiger partial charge in [0.25, 0.3) is 0 Å². The number of rotatable bonds is 3. The first-order valence-electron chi connectivity index (χ1n) is 4.74. The van der Waals surface area contributed by atoms with Crippen molar-refractivity contribution in [2.45, 2.75) is 25.4 Å². The molecule has 1 aliphatic rings. The van der Waals surface area contributed by atoms with E-state index in [1.807, 2.05) is 5.38 Å². The van der Waals surface area contributed by atoms with Crippen LogP contribution in [0.2, 0.25) is 0 Å². The van der Waals surface area contributed by atoms with Gasteiger partial charge < -0.3 is 10.6 Å². The first-order valence-corrected chi connectivity index (χ1v) is 5.69. The average molecular weight is 211 g/mol. The van der Waals surface area contributed by atoms with Crippen LogP contribution < -0.4 is 10.6 Å². The summed E-state index contributed by atoms with van der Waals surface area (Å²) in [6.07, 6.45) is 2.04. The van der Waals surface area contributed by atoms with E-state index in [4.69, 9.17) is 0 Å². The normalized spacial score (nSPS) is 21.0. The van der Waals surface area contributed by atoms with E-state index in [-0.39, 0.29) is 11.9 Å². The van der Waals surface area contributed by atoms with E-state index in [0.717, 1.165) is 25.1 Å². The van der Waals surface area contributed by atoms with Crippen LogP contribution in [-0.4, -0.2) is 23.5 Å². The number of amides is 1. The zero-order valence-electron chi connectivity index (χ0n) is 7.82. The standard InChI is InChI=1S/C9H13N3OS/c13-9(8-2-1-3-10-8)11-4-7-5-14-6-12-7/h5-6,8,10H,1-4H2,(H,11,13). The molecule has 0 aromatic carbocycles. The number of carbonyl (C=O) groups excluding carboxylic acids is 1. The third kappa shape index (κ3) is 2.30. The Bertz CT molecular complexity index is 293. The van der Waals surface area contributed by atoms with Crippen LogP contribution in [0.4, 0.5) is 0 Å². The molecule has 1 unspecified atom stereocenters. The molecule has 76 valence electrons. The van der Waals surface area contributed by atoms with E-state index in [2.05, 4.69) is 15.6 Å². The summed E-state index contributed by atoms with van der Waals surface area (Å²) in [5, 5.41) is 7.97. The fourth-order valence-electron chi connectivity index (χ4n) is 1.53. The molecule has 2 rings (SSSR count). The fraction of sp³-hybridized carbons (Fsp3) is 0.556. The van der Waals surface area contributed by atoms with E-state index in [0.29, 0.717) is 6.54 Å². The summed E-state index contributed by atoms with van der Waals surface area (Å²) in [7, 11) is 0. The Hall–Kier alpha value is -0.940. The number of nitrogens with one attached hydrogen (secondary N) is 2. The molecule has 14 heavy (non-hydrogen) atoms. The molecule has 1 atom stereocenters. The predicted octanol–water partition coefficient (Wildman–Crippen LogP) is 0.511. The van der Waals surface area contributed by atoms with Crippen molar-refractivity contribution in [1.29, 1.82) is 0 Å². The lowest BCUT2D eigenvalue weighted by Gasteiger charge is -2.09. The molecular formula is C9H13N3OS. The number of aromatic nitrogens is 1. The largest absolute Gasteiger partial charge is 0.349 e. The van der Waals surface area contributed by atoms with Crippen molar-refractivity contribution in [3.63, 3.8) is 0 Å². The van der Waals surface area contributed by atoms with Gasteiger partial charge in [-0.05, 0) is 19.4 Å². The molecule has 1 aromatic heterocycles. The molecule has 1 aliphatic heterocycles. The van der Waals surface area contributed by atoms with E-state index in [1.54, 1.807) is 16.8 Å². The molecular weight excluding hydrogens is 198 g/mol. The minimum atomic E-state index is 0.00800. The Labute approximate surface area is 86.7 Å². The minimum absolute atomic E-state index is 0.00800. The Morgan fingerprint density at radius 1 is 1.79 bits per heavy atom. The van der Waals surface area contributed by atoms with E-state index in [9.17, 15) is 4.79 Å². The van der Waals surface area contributed by atoms with Crippen LogP contribution in [0.15, 0.2) is 10.9 Å². The quantitative estimate of drug-likeness (QED) is 0.766. The van der Waals surface area contributed by atoms with Crippen LogP contribution in [0.3, 0.4) is 0 Å². The molecule has 1 aromatic rings. The molecule has 1 saturated heterocycles. The molecule has 0 radical (unpaired) electrons. The highest BCUT2D eigenvalue weighted by Gasteiger charge is 2.21. The summed E-state index contributed by atoms with van der Waals surface area (Å²) in [5.74, 6) is 0.0931. The van der Waals surface area contributed by atoms with Crippen molar-refractivity contribution >= 4 is 17.2 Å². The summed E-state index contributed by atoms with van der Waals surface area (Å²) in [6.45, 7) is 1.50. The van der Waals surface area contributed by atoms with Gasteiger partial charge in [-0.1, -0.05) is 0 Å². The maximum Gasteiger partial charge on any atom is 0.237 e. The summed E-state index contributed by atoms with van der Waals surface area (Å²) in [6, 6.07) is 0.00800. The monoisotopic (exact) mass is 211 g/mol. The predicted molar refractivity (Wildman–Crippen MR) is 55.0 cm³/mol. The summed E-state index contributed by atoms with van der Waals surface area (Å²) in [5.41, 5.74) is 2.70. The highest BCUT2D eigenvalue weighted by molar-refractivity contribution is 7.07. The maximum absolute atomic E-state index is 11.5. The van der Waals surface area contributed by atoms with Gasteiger partial charge in [0.15, 0.2) is 0 Å². The molecule has 1 fully saturated rings. The van der Waals surface area contributed by atoms with Gasteiger partial charge in [-0.3, -0.25) is 4.79 Å². The fourth-order valence-corrected chi connectivity index (χ4v) is 2.09. The van der Waals surface area contributed by atoms with E-state index >= 15 is 0 Å². The zero-order chi connectivity index (χ0) is 9.80. The number of carbonyl (C=O) groups is 1. The van der Waals surface area contributed by atoms with Crippen molar-refractivity contribution < 1.29 is 4.79 Å². The smallest absolute Gasteiger partial charge is 0.237 e. The van der Waals surface area contributed by atoms with Crippen LogP contribution in [0.25, 0.3) is 0 Å². The zero-order valence-corrected chi connectivity index (χ0v) is 8.64. The van der Waals surface area contributed by atoms with Gasteiger partial charge >= 0.3 is 0 Å². The summed E-state index contributed by atoms with van der Waals surface area (Å²) < 4.78 is 0. The molecule has 0 saturated carbocycles. The second-order valence-corrected chi connectivity index (χ2v) is 4.07. The van der Waals surface area contributed by atoms with Crippen molar-refractivity contribution in [3.05, 3.63) is 16.6 Å². The van der Waals surface area contributed by atoms with Gasteiger partial charge in [-0.15, -0.1) is 11.3 Å². The third-order valence-electron chi connectivity index (χ3n) is 2.30. The van der Waals surface area contributed by atoms with Gasteiger partial charge in [0.2, 0.25) is 5.91 Å². The number of hydrogen-bond donors (Lipinski definition) is 2. The van der Waals surface area contributed by atoms with Gasteiger partial charge in [0.05, 0.1) is 23.8 Å². The Balaban J connectivity index is 1.77. The Kier molecular flexibility index (Phi) is 3.10. The Morgan fingerprint density at radius 3 is 3.36 bits per heavy atom. The van der Waals surface area contributed by atoms with Gasteiger partial charge in [0, 0.05) is 5.38 Å². The lowest BCUT2D eigenvalue weighted by Crippen LogP contribution is -2.40. The van der Waals surface area contributed by atoms with Crippen LogP contribution in [0.5, 0.6) is 0 Å². The SMILES string of the molecule is O=C(NCc1cscn1)C1CCCN1. The van der Waals surface area contributed by atoms with Crippen molar-refractivity contribution in [2.24, 2.45) is 0 Å². The number of hydrogen-bond acceptors (Lipinski definition) is 4. The molecule has 2 N–H and O–H groups in total. The van der Waals surface area contributed by atoms with Crippen LogP contribution in [0.1, 0.15) is 18.5 Å². The highest BCUT2D eigenvalue weighted by atomic mass is 32.1. The Morgan fingerprint density at radius 2 is 2.71 bits per heavy atom. The van der Waals surface area contributed by atoms with Crippen molar-refractivity contribution in [2.75, 3.05) is 6.54 Å². The average Bonchev–Trinajstić information content (AvgIpc) is 2.87. The number of thiazole rings is 1. The summed E-state index contributed by atoms with van der Waals surface area (Å²) in [4.78, 5) is 15.6. The molecule has 0 aliphatic carbocycles. The van der Waals surface area contributed by atoms with Crippen molar-refractivity contribution in [1.82, 2.24) is 15.6 Å². The first-order chi connectivity index (χ1) is 6.86. The second-order valence-electron chi connectivity index (χ2n) is 3.35. The van der Waals surface area contributed by atoms with E-state index < -0.39 is 0 Å². The van der Waals surface area contributed by atoms with Gasteiger partial charge in [-0.2, -0.15) is 0 Å². The minimum Gasteiger partial charge on any atom is -0.349 e. The van der Waals surface area contributed by atoms with E-state index in [1.165, 1.54) is 0 Å². The molecule has 0 spiro atoms. The topological polar surface area (TPSA) is 54.0 Å². The van der Waals surface area contributed by atoms with Crippen LogP contribution >= 0.6 is 11.3 Å². The van der Waals surface area contributed by atoms with Gasteiger partial charge in [0.1, 0.15) is 0 Å². The third-order valence-corrected chi connectivity index (χ3v) is 2.94. The van der Waals surface area contributed by atoms with Crippen LogP contribution in [-0.2, 0) is 11.3 Å². The lowest BCUT2D eigenvalue weighted by atomic mass is 10.2. The van der Waals surface area contributed by atoms with Crippen LogP contribution in [0, 0.1) is 0 Å². The lowest BCUT2D eigenvalue weighted by molar-refractivity contribution is -0.122. The molecule has 2 heterocycles. The molecule has 5 heteroatoms. The number of nitrogens with zero attached hydrogens (tertiary/aromatic N) is 1. The maximum atomic E-state index is 11.5. The first kappa shape index (κ1) is 9.61. The summed E-state index contributed by atoms with van der Waals surface area (Å²) >= 11 is 1.55.